The molecule has 0 fully saturated rings. The van der Waals surface area contributed by atoms with E-state index in [1.807, 2.05) is 13.8 Å². The highest BCUT2D eigenvalue weighted by Gasteiger charge is 2.21. The Hall–Kier alpha value is 0.280. The normalized spacial score (nSPS) is 23.3. The fourth-order valence-corrected chi connectivity index (χ4v) is 2.84. The van der Waals surface area contributed by atoms with Crippen LogP contribution in [0.25, 0.3) is 0 Å². The summed E-state index contributed by atoms with van der Waals surface area (Å²) in [5.41, 5.74) is 0. The molecular weight excluding hydrogens is 147 g/mol. The van der Waals surface area contributed by atoms with Crippen molar-refractivity contribution in [2.24, 2.45) is 0 Å². The lowest BCUT2D eigenvalue weighted by atomic mass is 10.4. The van der Waals surface area contributed by atoms with Gasteiger partial charge in [0.2, 0.25) is 0 Å². The van der Waals surface area contributed by atoms with Crippen LogP contribution in [0.2, 0.25) is 0 Å². The van der Waals surface area contributed by atoms with Crippen LogP contribution in [0.4, 0.5) is 3.89 Å². The molecule has 0 aliphatic carbocycles. The second-order valence-corrected chi connectivity index (χ2v) is 6.27. The van der Waals surface area contributed by atoms with Crippen LogP contribution in [0.1, 0.15) is 33.6 Å². The van der Waals surface area contributed by atoms with E-state index >= 15 is 0 Å². The van der Waals surface area contributed by atoms with Crippen molar-refractivity contribution < 1.29 is 3.89 Å². The van der Waals surface area contributed by atoms with Gasteiger partial charge in [-0.15, -0.1) is 0 Å². The highest BCUT2D eigenvalue weighted by molar-refractivity contribution is 8.29. The molecule has 0 rings (SSSR count). The van der Waals surface area contributed by atoms with Gasteiger partial charge in [0.15, 0.2) is 0 Å². The van der Waals surface area contributed by atoms with E-state index in [2.05, 4.69) is 6.92 Å². The van der Waals surface area contributed by atoms with Crippen molar-refractivity contribution in [3.8, 4) is 0 Å². The van der Waals surface area contributed by atoms with Crippen LogP contribution in [-0.2, 0) is 0 Å². The Morgan fingerprint density at radius 2 is 1.90 bits per heavy atom. The highest BCUT2D eigenvalue weighted by atomic mass is 32.3. The average Bonchev–Trinajstić information content (AvgIpc) is 1.86. The Bertz CT molecular complexity index is 91.3. The molecule has 0 aliphatic heterocycles. The minimum Gasteiger partial charge on any atom is -0.189 e. The van der Waals surface area contributed by atoms with Gasteiger partial charge in [0.1, 0.15) is 0 Å². The standard InChI is InChI=1S/C8H19FS/c1-5-7-10(4,9)8(3)6-2/h8H,5-7H2,1-4H3. The van der Waals surface area contributed by atoms with Crippen LogP contribution in [0.15, 0.2) is 0 Å². The molecule has 0 bridgehead atoms. The quantitative estimate of drug-likeness (QED) is 0.599. The van der Waals surface area contributed by atoms with Crippen molar-refractivity contribution in [2.45, 2.75) is 38.9 Å². The maximum absolute atomic E-state index is 13.6. The van der Waals surface area contributed by atoms with Crippen LogP contribution in [0.3, 0.4) is 0 Å². The van der Waals surface area contributed by atoms with Gasteiger partial charge in [-0.25, -0.2) is 0 Å². The monoisotopic (exact) mass is 166 g/mol. The van der Waals surface area contributed by atoms with Gasteiger partial charge in [-0.3, -0.25) is 0 Å². The molecule has 0 nitrogen and oxygen atoms in total. The Morgan fingerprint density at radius 3 is 2.20 bits per heavy atom. The van der Waals surface area contributed by atoms with E-state index in [0.29, 0.717) is 0 Å². The van der Waals surface area contributed by atoms with E-state index in [0.717, 1.165) is 18.6 Å². The van der Waals surface area contributed by atoms with Crippen molar-refractivity contribution in [2.75, 3.05) is 12.0 Å². The third-order valence-corrected chi connectivity index (χ3v) is 5.23. The number of hydrogen-bond acceptors (Lipinski definition) is 0. The lowest BCUT2D eigenvalue weighted by molar-refractivity contribution is 0.795. The van der Waals surface area contributed by atoms with Gasteiger partial charge >= 0.3 is 0 Å². The third-order valence-electron chi connectivity index (χ3n) is 2.02. The highest BCUT2D eigenvalue weighted by Crippen LogP contribution is 2.52. The second-order valence-electron chi connectivity index (χ2n) is 2.97. The predicted octanol–water partition coefficient (Wildman–Crippen LogP) is 3.51. The molecule has 0 radical (unpaired) electrons. The van der Waals surface area contributed by atoms with Gasteiger partial charge in [-0.1, -0.05) is 31.2 Å². The maximum Gasteiger partial charge on any atom is 0.0116 e. The van der Waals surface area contributed by atoms with Gasteiger partial charge in [-0.2, -0.15) is 3.89 Å². The molecule has 0 aromatic rings. The van der Waals surface area contributed by atoms with Crippen molar-refractivity contribution >= 4 is 10.4 Å². The molecule has 0 saturated heterocycles. The fraction of sp³-hybridized carbons (Fsp3) is 1.00. The Kier molecular flexibility index (Phi) is 4.34. The number of rotatable bonds is 4. The molecule has 0 saturated carbocycles. The molecule has 0 heterocycles. The molecule has 0 aromatic carbocycles. The van der Waals surface area contributed by atoms with Crippen LogP contribution in [-0.4, -0.2) is 17.3 Å². The number of hydrogen-bond donors (Lipinski definition) is 0. The van der Waals surface area contributed by atoms with Crippen LogP contribution in [0, 0.1) is 0 Å². The van der Waals surface area contributed by atoms with E-state index in [1.54, 1.807) is 6.26 Å². The average molecular weight is 166 g/mol. The zero-order valence-corrected chi connectivity index (χ0v) is 8.30. The van der Waals surface area contributed by atoms with E-state index in [-0.39, 0.29) is 5.25 Å². The molecule has 64 valence electrons. The lowest BCUT2D eigenvalue weighted by Crippen LogP contribution is -2.11. The Labute approximate surface area is 65.8 Å². The summed E-state index contributed by atoms with van der Waals surface area (Å²) in [6.45, 7) is 6.13. The summed E-state index contributed by atoms with van der Waals surface area (Å²) >= 11 is 0. The summed E-state index contributed by atoms with van der Waals surface area (Å²) in [6.07, 6.45) is 3.75. The summed E-state index contributed by atoms with van der Waals surface area (Å²) in [5.74, 6) is 0.780. The minimum absolute atomic E-state index is 0.285. The van der Waals surface area contributed by atoms with Crippen molar-refractivity contribution in [3.63, 3.8) is 0 Å². The fourth-order valence-electron chi connectivity index (χ4n) is 0.948. The van der Waals surface area contributed by atoms with Gasteiger partial charge in [0, 0.05) is 11.0 Å². The third kappa shape index (κ3) is 2.91. The topological polar surface area (TPSA) is 0 Å². The van der Waals surface area contributed by atoms with Crippen molar-refractivity contribution in [1.82, 2.24) is 0 Å². The molecular formula is C8H19FS. The molecule has 0 aromatic heterocycles. The summed E-state index contributed by atoms with van der Waals surface area (Å²) in [6, 6.07) is 0. The Morgan fingerprint density at radius 1 is 1.40 bits per heavy atom. The summed E-state index contributed by atoms with van der Waals surface area (Å²) < 4.78 is 13.6. The molecule has 0 amide bonds. The van der Waals surface area contributed by atoms with Crippen LogP contribution in [0.5, 0.6) is 0 Å². The van der Waals surface area contributed by atoms with Gasteiger partial charge in [0.25, 0.3) is 0 Å². The lowest BCUT2D eigenvalue weighted by Gasteiger charge is -2.31. The maximum atomic E-state index is 13.6. The minimum atomic E-state index is -1.76. The van der Waals surface area contributed by atoms with E-state index in [9.17, 15) is 3.89 Å². The first kappa shape index (κ1) is 10.3. The van der Waals surface area contributed by atoms with Crippen LogP contribution < -0.4 is 0 Å². The van der Waals surface area contributed by atoms with E-state index in [1.165, 1.54) is 0 Å². The zero-order valence-electron chi connectivity index (χ0n) is 7.48. The zero-order chi connectivity index (χ0) is 8.20. The van der Waals surface area contributed by atoms with E-state index < -0.39 is 10.4 Å². The first-order valence-corrected chi connectivity index (χ1v) is 6.16. The van der Waals surface area contributed by atoms with Gasteiger partial charge in [0.05, 0.1) is 0 Å². The first-order chi connectivity index (χ1) is 4.54. The summed E-state index contributed by atoms with van der Waals surface area (Å²) in [4.78, 5) is 0. The van der Waals surface area contributed by atoms with E-state index in [4.69, 9.17) is 0 Å². The largest absolute Gasteiger partial charge is 0.189 e. The molecule has 2 unspecified atom stereocenters. The molecule has 2 heteroatoms. The Balaban J connectivity index is 3.82. The van der Waals surface area contributed by atoms with Crippen molar-refractivity contribution in [1.29, 1.82) is 0 Å². The van der Waals surface area contributed by atoms with Crippen molar-refractivity contribution in [3.05, 3.63) is 0 Å². The second kappa shape index (κ2) is 4.22. The predicted molar refractivity (Wildman–Crippen MR) is 49.5 cm³/mol. The molecule has 0 aliphatic rings. The summed E-state index contributed by atoms with van der Waals surface area (Å²) in [5, 5.41) is 0.285. The molecule has 10 heavy (non-hydrogen) atoms. The molecule has 2 atom stereocenters. The summed E-state index contributed by atoms with van der Waals surface area (Å²) in [7, 11) is -1.76. The SMILES string of the molecule is CCCS(C)(F)C(C)CC. The molecule has 0 N–H and O–H groups in total. The van der Waals surface area contributed by atoms with Gasteiger partial charge in [-0.05, 0) is 19.1 Å². The van der Waals surface area contributed by atoms with Crippen LogP contribution >= 0.6 is 10.4 Å². The number of halogens is 1. The van der Waals surface area contributed by atoms with Gasteiger partial charge < -0.3 is 0 Å². The molecule has 0 spiro atoms. The smallest absolute Gasteiger partial charge is 0.0116 e. The first-order valence-electron chi connectivity index (χ1n) is 3.99.